The third-order valence-corrected chi connectivity index (χ3v) is 2.69. The van der Waals surface area contributed by atoms with Crippen LogP contribution in [0.5, 0.6) is 5.75 Å². The lowest BCUT2D eigenvalue weighted by Gasteiger charge is -2.31. The van der Waals surface area contributed by atoms with Gasteiger partial charge in [-0.05, 0) is 44.5 Å². The number of ether oxygens (including phenoxy) is 1. The molecule has 0 saturated heterocycles. The van der Waals surface area contributed by atoms with Crippen LogP contribution in [0, 0.1) is 0 Å². The van der Waals surface area contributed by atoms with Crippen LogP contribution in [-0.4, -0.2) is 12.6 Å². The molecule has 1 N–H and O–H groups in total. The first kappa shape index (κ1) is 12.9. The molecule has 3 heteroatoms. The molecule has 16 heavy (non-hydrogen) atoms. The molecule has 0 saturated carbocycles. The number of nitrogens with one attached hydrogen (secondary N) is 1. The Morgan fingerprint density at radius 1 is 1.25 bits per heavy atom. The maximum atomic E-state index is 5.23. The van der Waals surface area contributed by atoms with Gasteiger partial charge in [0.1, 0.15) is 5.75 Å². The van der Waals surface area contributed by atoms with Crippen molar-refractivity contribution in [1.82, 2.24) is 0 Å². The number of methoxy groups -OCH3 is 1. The Morgan fingerprint density at radius 2 is 1.94 bits per heavy atom. The van der Waals surface area contributed by atoms with Gasteiger partial charge in [0.05, 0.1) is 12.6 Å². The van der Waals surface area contributed by atoms with Crippen LogP contribution in [-0.2, 0) is 0 Å². The van der Waals surface area contributed by atoms with Crippen LogP contribution >= 0.6 is 12.4 Å². The zero-order valence-corrected chi connectivity index (χ0v) is 10.9. The molecule has 1 aromatic carbocycles. The summed E-state index contributed by atoms with van der Waals surface area (Å²) in [4.78, 5) is 0. The molecule has 2 rings (SSSR count). The number of anilines is 1. The highest BCUT2D eigenvalue weighted by Crippen LogP contribution is 2.35. The first-order valence-electron chi connectivity index (χ1n) is 5.18. The smallest absolute Gasteiger partial charge is 0.119 e. The summed E-state index contributed by atoms with van der Waals surface area (Å²) in [5, 5.41) is 3.49. The summed E-state index contributed by atoms with van der Waals surface area (Å²) in [6.45, 7) is 6.48. The van der Waals surface area contributed by atoms with E-state index in [1.54, 1.807) is 7.11 Å². The highest BCUT2D eigenvalue weighted by Gasteiger charge is 2.22. The van der Waals surface area contributed by atoms with Crippen molar-refractivity contribution < 1.29 is 4.74 Å². The molecule has 0 atom stereocenters. The molecule has 0 aliphatic carbocycles. The van der Waals surface area contributed by atoms with Crippen molar-refractivity contribution in [3.63, 3.8) is 0 Å². The maximum Gasteiger partial charge on any atom is 0.119 e. The Balaban J connectivity index is 0.00000128. The zero-order chi connectivity index (χ0) is 11.1. The van der Waals surface area contributed by atoms with Crippen LogP contribution in [0.4, 0.5) is 5.69 Å². The molecule has 2 nitrogen and oxygen atoms in total. The minimum atomic E-state index is 0. The number of hydrogen-bond donors (Lipinski definition) is 1. The molecule has 1 aromatic rings. The van der Waals surface area contributed by atoms with Gasteiger partial charge in [0.25, 0.3) is 0 Å². The number of allylic oxidation sites excluding steroid dienone is 1. The van der Waals surface area contributed by atoms with E-state index in [0.29, 0.717) is 0 Å². The number of halogens is 1. The second-order valence-corrected chi connectivity index (χ2v) is 4.59. The Hall–Kier alpha value is -1.15. The second-order valence-electron chi connectivity index (χ2n) is 4.59. The van der Waals surface area contributed by atoms with E-state index >= 15 is 0 Å². The Morgan fingerprint density at radius 3 is 2.56 bits per heavy atom. The summed E-state index contributed by atoms with van der Waals surface area (Å²) in [6, 6.07) is 6.14. The van der Waals surface area contributed by atoms with Crippen LogP contribution in [0.1, 0.15) is 26.3 Å². The average Bonchev–Trinajstić information content (AvgIpc) is 2.15. The van der Waals surface area contributed by atoms with Crippen molar-refractivity contribution in [1.29, 1.82) is 0 Å². The molecule has 0 bridgehead atoms. The minimum absolute atomic E-state index is 0. The molecule has 0 spiro atoms. The maximum absolute atomic E-state index is 5.23. The molecule has 1 aliphatic rings. The summed E-state index contributed by atoms with van der Waals surface area (Å²) >= 11 is 0. The highest BCUT2D eigenvalue weighted by atomic mass is 35.5. The lowest BCUT2D eigenvalue weighted by atomic mass is 9.91. The number of benzene rings is 1. The second kappa shape index (κ2) is 4.38. The number of hydrogen-bond acceptors (Lipinski definition) is 2. The summed E-state index contributed by atoms with van der Waals surface area (Å²) < 4.78 is 5.23. The van der Waals surface area contributed by atoms with Gasteiger partial charge in [0.15, 0.2) is 0 Å². The largest absolute Gasteiger partial charge is 0.497 e. The minimum Gasteiger partial charge on any atom is -0.497 e. The SMILES string of the molecule is COc1ccc2c(c1)C(C)=CC(C)(C)N2.Cl. The van der Waals surface area contributed by atoms with E-state index in [1.165, 1.54) is 16.8 Å². The van der Waals surface area contributed by atoms with E-state index < -0.39 is 0 Å². The Labute approximate surface area is 103 Å². The normalized spacial score (nSPS) is 16.4. The quantitative estimate of drug-likeness (QED) is 0.807. The van der Waals surface area contributed by atoms with Crippen molar-refractivity contribution in [2.45, 2.75) is 26.3 Å². The fraction of sp³-hybridized carbons (Fsp3) is 0.385. The van der Waals surface area contributed by atoms with Crippen LogP contribution in [0.2, 0.25) is 0 Å². The molecule has 0 unspecified atom stereocenters. The average molecular weight is 240 g/mol. The molecule has 0 radical (unpaired) electrons. The van der Waals surface area contributed by atoms with Gasteiger partial charge < -0.3 is 10.1 Å². The fourth-order valence-electron chi connectivity index (χ4n) is 2.09. The van der Waals surface area contributed by atoms with Gasteiger partial charge in [0, 0.05) is 11.3 Å². The summed E-state index contributed by atoms with van der Waals surface area (Å²) in [5.41, 5.74) is 3.74. The van der Waals surface area contributed by atoms with Crippen LogP contribution in [0.25, 0.3) is 5.57 Å². The molecule has 0 fully saturated rings. The molecule has 1 heterocycles. The van der Waals surface area contributed by atoms with Gasteiger partial charge in [-0.3, -0.25) is 0 Å². The van der Waals surface area contributed by atoms with Gasteiger partial charge >= 0.3 is 0 Å². The van der Waals surface area contributed by atoms with Crippen LogP contribution in [0.3, 0.4) is 0 Å². The summed E-state index contributed by atoms with van der Waals surface area (Å²) in [6.07, 6.45) is 2.24. The van der Waals surface area contributed by atoms with Gasteiger partial charge in [-0.2, -0.15) is 0 Å². The van der Waals surface area contributed by atoms with Gasteiger partial charge in [-0.15, -0.1) is 12.4 Å². The zero-order valence-electron chi connectivity index (χ0n) is 10.1. The van der Waals surface area contributed by atoms with E-state index in [4.69, 9.17) is 4.74 Å². The first-order valence-corrected chi connectivity index (χ1v) is 5.18. The standard InChI is InChI=1S/C13H17NO.ClH/c1-9-8-13(2,3)14-12-6-5-10(15-4)7-11(9)12;/h5-8,14H,1-4H3;1H. The van der Waals surface area contributed by atoms with E-state index in [1.807, 2.05) is 6.07 Å². The van der Waals surface area contributed by atoms with Crippen molar-refractivity contribution >= 4 is 23.7 Å². The predicted octanol–water partition coefficient (Wildman–Crippen LogP) is 3.72. The van der Waals surface area contributed by atoms with Crippen LogP contribution < -0.4 is 10.1 Å². The number of fused-ring (bicyclic) bond motifs is 1. The lowest BCUT2D eigenvalue weighted by Crippen LogP contribution is -2.31. The number of rotatable bonds is 1. The van der Waals surface area contributed by atoms with Crippen molar-refractivity contribution in [3.8, 4) is 5.75 Å². The van der Waals surface area contributed by atoms with E-state index in [9.17, 15) is 0 Å². The Kier molecular flexibility index (Phi) is 3.54. The van der Waals surface area contributed by atoms with E-state index in [-0.39, 0.29) is 17.9 Å². The lowest BCUT2D eigenvalue weighted by molar-refractivity contribution is 0.414. The van der Waals surface area contributed by atoms with Crippen molar-refractivity contribution in [2.75, 3.05) is 12.4 Å². The fourth-order valence-corrected chi connectivity index (χ4v) is 2.09. The molecule has 0 amide bonds. The van der Waals surface area contributed by atoms with Crippen molar-refractivity contribution in [3.05, 3.63) is 29.8 Å². The predicted molar refractivity (Wildman–Crippen MR) is 71.6 cm³/mol. The monoisotopic (exact) mass is 239 g/mol. The first-order chi connectivity index (χ1) is 7.02. The van der Waals surface area contributed by atoms with E-state index in [0.717, 1.165) is 5.75 Å². The van der Waals surface area contributed by atoms with E-state index in [2.05, 4.69) is 44.3 Å². The summed E-state index contributed by atoms with van der Waals surface area (Å²) in [5.74, 6) is 0.906. The van der Waals surface area contributed by atoms with Crippen molar-refractivity contribution in [2.24, 2.45) is 0 Å². The molecular formula is C13H18ClNO. The molecule has 0 aromatic heterocycles. The third-order valence-electron chi connectivity index (χ3n) is 2.69. The van der Waals surface area contributed by atoms with Gasteiger partial charge in [-0.25, -0.2) is 0 Å². The molecule has 1 aliphatic heterocycles. The highest BCUT2D eigenvalue weighted by molar-refractivity contribution is 5.85. The molecular weight excluding hydrogens is 222 g/mol. The van der Waals surface area contributed by atoms with Gasteiger partial charge in [0.2, 0.25) is 0 Å². The molecule has 88 valence electrons. The van der Waals surface area contributed by atoms with Gasteiger partial charge in [-0.1, -0.05) is 6.08 Å². The van der Waals surface area contributed by atoms with Crippen LogP contribution in [0.15, 0.2) is 24.3 Å². The Bertz CT molecular complexity index is 424. The topological polar surface area (TPSA) is 21.3 Å². The summed E-state index contributed by atoms with van der Waals surface area (Å²) in [7, 11) is 1.70. The third kappa shape index (κ3) is 2.33.